The number of halogens is 1. The van der Waals surface area contributed by atoms with Crippen LogP contribution in [0.15, 0.2) is 88.2 Å². The summed E-state index contributed by atoms with van der Waals surface area (Å²) < 4.78 is 19.7. The van der Waals surface area contributed by atoms with E-state index in [1.807, 2.05) is 66.7 Å². The Bertz CT molecular complexity index is 1760. The molecular formula is C30H25IN2O5S. The maximum absolute atomic E-state index is 14.0. The summed E-state index contributed by atoms with van der Waals surface area (Å²) in [6, 6.07) is 21.9. The zero-order valence-corrected chi connectivity index (χ0v) is 24.5. The molecule has 0 amide bonds. The van der Waals surface area contributed by atoms with Crippen LogP contribution in [-0.2, 0) is 9.53 Å². The lowest BCUT2D eigenvalue weighted by molar-refractivity contribution is -0.138. The lowest BCUT2D eigenvalue weighted by atomic mass is 9.93. The molecule has 5 rings (SSSR count). The molecule has 7 nitrogen and oxygen atoms in total. The third kappa shape index (κ3) is 5.28. The van der Waals surface area contributed by atoms with E-state index in [4.69, 9.17) is 19.2 Å². The molecule has 0 saturated carbocycles. The zero-order valence-electron chi connectivity index (χ0n) is 21.5. The lowest BCUT2D eigenvalue weighted by Gasteiger charge is -2.26. The van der Waals surface area contributed by atoms with Crippen LogP contribution in [0.4, 0.5) is 0 Å². The fraction of sp³-hybridized carbons (Fsp3) is 0.167. The molecule has 2 heterocycles. The first-order chi connectivity index (χ1) is 18.9. The normalized spacial score (nSPS) is 15.0. The molecule has 0 N–H and O–H groups in total. The molecule has 1 aliphatic heterocycles. The van der Waals surface area contributed by atoms with E-state index < -0.39 is 12.0 Å². The number of benzene rings is 3. The molecular weight excluding hydrogens is 627 g/mol. The zero-order chi connectivity index (χ0) is 27.5. The van der Waals surface area contributed by atoms with Gasteiger partial charge in [-0.15, -0.1) is 0 Å². The molecule has 3 aromatic carbocycles. The van der Waals surface area contributed by atoms with Gasteiger partial charge in [0.2, 0.25) is 0 Å². The van der Waals surface area contributed by atoms with E-state index >= 15 is 0 Å². The second-order valence-corrected chi connectivity index (χ2v) is 10.9. The third-order valence-corrected chi connectivity index (χ3v) is 7.90. The van der Waals surface area contributed by atoms with Crippen molar-refractivity contribution in [3.63, 3.8) is 0 Å². The van der Waals surface area contributed by atoms with Gasteiger partial charge < -0.3 is 14.2 Å². The van der Waals surface area contributed by atoms with Crippen LogP contribution in [0.5, 0.6) is 11.5 Å². The van der Waals surface area contributed by atoms with Gasteiger partial charge in [-0.05, 0) is 71.0 Å². The van der Waals surface area contributed by atoms with Gasteiger partial charge in [0, 0.05) is 9.13 Å². The van der Waals surface area contributed by atoms with Gasteiger partial charge in [-0.2, -0.15) is 0 Å². The topological polar surface area (TPSA) is 79.1 Å². The number of methoxy groups -OCH3 is 2. The number of nitrogens with zero attached hydrogens (tertiary/aromatic N) is 2. The molecule has 39 heavy (non-hydrogen) atoms. The van der Waals surface area contributed by atoms with Crippen LogP contribution in [0.1, 0.15) is 29.7 Å². The summed E-state index contributed by atoms with van der Waals surface area (Å²) >= 11 is 3.53. The summed E-state index contributed by atoms with van der Waals surface area (Å²) in [5.41, 5.74) is 2.83. The number of ether oxygens (including phenoxy) is 3. The van der Waals surface area contributed by atoms with Crippen molar-refractivity contribution >= 4 is 51.7 Å². The number of carbonyl (C=O) groups is 1. The maximum atomic E-state index is 14.0. The molecule has 0 fully saturated rings. The van der Waals surface area contributed by atoms with Crippen LogP contribution in [0, 0.1) is 3.57 Å². The first-order valence-corrected chi connectivity index (χ1v) is 14.1. The highest BCUT2D eigenvalue weighted by Gasteiger charge is 2.35. The molecule has 0 radical (unpaired) electrons. The Morgan fingerprint density at radius 3 is 2.49 bits per heavy atom. The Balaban J connectivity index is 1.85. The second kappa shape index (κ2) is 11.6. The summed E-state index contributed by atoms with van der Waals surface area (Å²) in [6.45, 7) is 1.93. The van der Waals surface area contributed by atoms with Crippen LogP contribution in [0.3, 0.4) is 0 Å². The minimum Gasteiger partial charge on any atom is -0.493 e. The maximum Gasteiger partial charge on any atom is 0.338 e. The molecule has 0 aliphatic carbocycles. The van der Waals surface area contributed by atoms with Crippen molar-refractivity contribution in [3.05, 3.63) is 118 Å². The van der Waals surface area contributed by atoms with Gasteiger partial charge in [0.05, 0.1) is 42.7 Å². The monoisotopic (exact) mass is 652 g/mol. The predicted octanol–water partition coefficient (Wildman–Crippen LogP) is 4.56. The van der Waals surface area contributed by atoms with Gasteiger partial charge in [-0.25, -0.2) is 9.79 Å². The first kappa shape index (κ1) is 26.9. The van der Waals surface area contributed by atoms with E-state index in [-0.39, 0.29) is 17.7 Å². The number of rotatable bonds is 7. The summed E-state index contributed by atoms with van der Waals surface area (Å²) in [5, 5.41) is 0. The number of hydrogen-bond donors (Lipinski definition) is 0. The average Bonchev–Trinajstić information content (AvgIpc) is 3.26. The number of thiazole rings is 1. The second-order valence-electron chi connectivity index (χ2n) is 8.60. The largest absolute Gasteiger partial charge is 0.493 e. The van der Waals surface area contributed by atoms with Crippen molar-refractivity contribution < 1.29 is 19.0 Å². The number of carbonyl (C=O) groups excluding carboxylic acids is 1. The molecule has 9 heteroatoms. The van der Waals surface area contributed by atoms with Gasteiger partial charge >= 0.3 is 5.97 Å². The van der Waals surface area contributed by atoms with Crippen molar-refractivity contribution in [3.8, 4) is 11.5 Å². The van der Waals surface area contributed by atoms with Crippen LogP contribution in [0.2, 0.25) is 0 Å². The predicted molar refractivity (Wildman–Crippen MR) is 160 cm³/mol. The molecule has 0 bridgehead atoms. The molecule has 0 spiro atoms. The Hall–Kier alpha value is -3.70. The van der Waals surface area contributed by atoms with E-state index in [0.717, 1.165) is 14.7 Å². The van der Waals surface area contributed by atoms with E-state index in [1.54, 1.807) is 37.8 Å². The number of esters is 1. The smallest absolute Gasteiger partial charge is 0.338 e. The van der Waals surface area contributed by atoms with Gasteiger partial charge in [-0.1, -0.05) is 59.9 Å². The van der Waals surface area contributed by atoms with Crippen LogP contribution < -0.4 is 24.4 Å². The number of aromatic nitrogens is 1. The molecule has 0 saturated heterocycles. The standard InChI is InChI=1S/C30H25IN2O5S/c1-4-38-29(35)25-26(19-10-6-5-7-11-19)32-30-33(27(25)20-13-14-22(36-2)23(17-20)37-3)28(34)24(39-30)16-18-9-8-12-21(31)15-18/h5-17,27H,4H2,1-3H3/b24-16+/t27-/m1/s1. The lowest BCUT2D eigenvalue weighted by Crippen LogP contribution is -2.40. The quantitative estimate of drug-likeness (QED) is 0.216. The van der Waals surface area contributed by atoms with Crippen molar-refractivity contribution in [2.24, 2.45) is 4.99 Å². The molecule has 4 aromatic rings. The summed E-state index contributed by atoms with van der Waals surface area (Å²) in [6.07, 6.45) is 1.86. The molecule has 198 valence electrons. The SMILES string of the molecule is CCOC(=O)C1=C(c2ccccc2)N=c2s/c(=C/c3cccc(I)c3)c(=O)n2[C@@H]1c1ccc(OC)c(OC)c1. The third-order valence-electron chi connectivity index (χ3n) is 6.24. The highest BCUT2D eigenvalue weighted by molar-refractivity contribution is 14.1. The Kier molecular flexibility index (Phi) is 7.99. The van der Waals surface area contributed by atoms with E-state index in [1.165, 1.54) is 11.3 Å². The minimum atomic E-state index is -0.798. The van der Waals surface area contributed by atoms with Crippen LogP contribution in [-0.4, -0.2) is 31.4 Å². The van der Waals surface area contributed by atoms with Crippen LogP contribution in [0.25, 0.3) is 11.8 Å². The summed E-state index contributed by atoms with van der Waals surface area (Å²) in [4.78, 5) is 32.9. The Morgan fingerprint density at radius 2 is 1.79 bits per heavy atom. The summed E-state index contributed by atoms with van der Waals surface area (Å²) in [7, 11) is 3.11. The van der Waals surface area contributed by atoms with E-state index in [2.05, 4.69) is 22.6 Å². The van der Waals surface area contributed by atoms with E-state index in [9.17, 15) is 9.59 Å². The minimum absolute atomic E-state index is 0.181. The van der Waals surface area contributed by atoms with Crippen molar-refractivity contribution in [1.29, 1.82) is 0 Å². The summed E-state index contributed by atoms with van der Waals surface area (Å²) in [5.74, 6) is 0.488. The molecule has 1 aromatic heterocycles. The number of hydrogen-bond acceptors (Lipinski definition) is 7. The van der Waals surface area contributed by atoms with Gasteiger partial charge in [0.1, 0.15) is 0 Å². The van der Waals surface area contributed by atoms with Crippen molar-refractivity contribution in [2.75, 3.05) is 20.8 Å². The molecule has 1 aliphatic rings. The fourth-order valence-corrected chi connectivity index (χ4v) is 6.09. The Labute approximate surface area is 242 Å². The Morgan fingerprint density at radius 1 is 1.03 bits per heavy atom. The van der Waals surface area contributed by atoms with Crippen molar-refractivity contribution in [1.82, 2.24) is 4.57 Å². The average molecular weight is 653 g/mol. The van der Waals surface area contributed by atoms with Gasteiger partial charge in [-0.3, -0.25) is 9.36 Å². The van der Waals surface area contributed by atoms with Gasteiger partial charge in [0.25, 0.3) is 5.56 Å². The first-order valence-electron chi connectivity index (χ1n) is 12.2. The molecule has 1 atom stereocenters. The van der Waals surface area contributed by atoms with Crippen LogP contribution >= 0.6 is 33.9 Å². The number of fused-ring (bicyclic) bond motifs is 1. The highest BCUT2D eigenvalue weighted by Crippen LogP contribution is 2.38. The highest BCUT2D eigenvalue weighted by atomic mass is 127. The van der Waals surface area contributed by atoms with Crippen molar-refractivity contribution in [2.45, 2.75) is 13.0 Å². The fourth-order valence-electron chi connectivity index (χ4n) is 4.53. The van der Waals surface area contributed by atoms with E-state index in [0.29, 0.717) is 32.1 Å². The van der Waals surface area contributed by atoms with Gasteiger partial charge in [0.15, 0.2) is 16.3 Å². The molecule has 0 unspecified atom stereocenters.